The Kier molecular flexibility index (Phi) is 6.09. The van der Waals surface area contributed by atoms with E-state index in [1.54, 1.807) is 24.7 Å². The number of hydrogen-bond donors (Lipinski definition) is 1. The molecular formula is C15H18ClN3O2. The second-order valence-electron chi connectivity index (χ2n) is 4.56. The minimum absolute atomic E-state index is 0.0114. The molecule has 0 spiro atoms. The molecule has 0 saturated carbocycles. The molecule has 0 aliphatic carbocycles. The molecule has 21 heavy (non-hydrogen) atoms. The number of carbonyl (C=O) groups excluding carboxylic acids is 1. The minimum atomic E-state index is -0.0114. The van der Waals surface area contributed by atoms with Gasteiger partial charge in [0, 0.05) is 30.5 Å². The maximum atomic E-state index is 11.6. The van der Waals surface area contributed by atoms with Crippen molar-refractivity contribution >= 4 is 17.5 Å². The topological polar surface area (TPSA) is 56.1 Å². The number of hydrogen-bond acceptors (Lipinski definition) is 3. The molecule has 0 fully saturated rings. The molecule has 0 saturated heterocycles. The lowest BCUT2D eigenvalue weighted by Gasteiger charge is -2.07. The summed E-state index contributed by atoms with van der Waals surface area (Å²) in [5.74, 6) is 0.665. The molecule has 0 radical (unpaired) electrons. The van der Waals surface area contributed by atoms with Gasteiger partial charge in [-0.3, -0.25) is 4.79 Å². The predicted octanol–water partition coefficient (Wildman–Crippen LogP) is 2.51. The van der Waals surface area contributed by atoms with E-state index in [9.17, 15) is 4.79 Å². The van der Waals surface area contributed by atoms with Gasteiger partial charge in [-0.2, -0.15) is 0 Å². The summed E-state index contributed by atoms with van der Waals surface area (Å²) in [4.78, 5) is 15.6. The number of aryl methyl sites for hydroxylation is 1. The first kappa shape index (κ1) is 15.4. The molecule has 1 aromatic carbocycles. The highest BCUT2D eigenvalue weighted by Gasteiger charge is 2.02. The molecular weight excluding hydrogens is 290 g/mol. The van der Waals surface area contributed by atoms with Gasteiger partial charge in [-0.05, 0) is 24.6 Å². The van der Waals surface area contributed by atoms with E-state index in [0.717, 1.165) is 13.0 Å². The quantitative estimate of drug-likeness (QED) is 0.762. The van der Waals surface area contributed by atoms with E-state index < -0.39 is 0 Å². The SMILES string of the molecule is O=C(CCOc1cccc(Cl)c1)NCCCn1ccnc1. The first-order chi connectivity index (χ1) is 10.2. The molecule has 6 heteroatoms. The van der Waals surface area contributed by atoms with Crippen LogP contribution in [0.1, 0.15) is 12.8 Å². The molecule has 0 aliphatic heterocycles. The molecule has 0 bridgehead atoms. The van der Waals surface area contributed by atoms with Crippen LogP contribution in [0.25, 0.3) is 0 Å². The first-order valence-corrected chi connectivity index (χ1v) is 7.22. The summed E-state index contributed by atoms with van der Waals surface area (Å²) in [5.41, 5.74) is 0. The highest BCUT2D eigenvalue weighted by atomic mass is 35.5. The number of nitrogens with zero attached hydrogens (tertiary/aromatic N) is 2. The van der Waals surface area contributed by atoms with Gasteiger partial charge in [-0.1, -0.05) is 17.7 Å². The standard InChI is InChI=1S/C15H18ClN3O2/c16-13-3-1-4-14(11-13)21-10-5-15(20)18-6-2-8-19-9-7-17-12-19/h1,3-4,7,9,11-12H,2,5-6,8,10H2,(H,18,20). The van der Waals surface area contributed by atoms with Crippen LogP contribution in [-0.2, 0) is 11.3 Å². The molecule has 1 amide bonds. The van der Waals surface area contributed by atoms with Gasteiger partial charge < -0.3 is 14.6 Å². The van der Waals surface area contributed by atoms with Crippen LogP contribution < -0.4 is 10.1 Å². The van der Waals surface area contributed by atoms with E-state index in [1.165, 1.54) is 0 Å². The third-order valence-corrected chi connectivity index (χ3v) is 3.10. The molecule has 1 aromatic heterocycles. The number of carbonyl (C=O) groups is 1. The second kappa shape index (κ2) is 8.32. The van der Waals surface area contributed by atoms with Crippen LogP contribution in [0.15, 0.2) is 43.0 Å². The Morgan fingerprint density at radius 1 is 1.43 bits per heavy atom. The zero-order valence-electron chi connectivity index (χ0n) is 11.7. The summed E-state index contributed by atoms with van der Waals surface area (Å²) < 4.78 is 7.45. The first-order valence-electron chi connectivity index (χ1n) is 6.85. The maximum Gasteiger partial charge on any atom is 0.223 e. The monoisotopic (exact) mass is 307 g/mol. The number of aromatic nitrogens is 2. The number of nitrogens with one attached hydrogen (secondary N) is 1. The lowest BCUT2D eigenvalue weighted by molar-refractivity contribution is -0.121. The fourth-order valence-corrected chi connectivity index (χ4v) is 2.00. The molecule has 5 nitrogen and oxygen atoms in total. The van der Waals surface area contributed by atoms with Gasteiger partial charge >= 0.3 is 0 Å². The van der Waals surface area contributed by atoms with Crippen molar-refractivity contribution in [2.24, 2.45) is 0 Å². The van der Waals surface area contributed by atoms with Gasteiger partial charge in [0.25, 0.3) is 0 Å². The van der Waals surface area contributed by atoms with Crippen LogP contribution in [0, 0.1) is 0 Å². The van der Waals surface area contributed by atoms with E-state index in [1.807, 2.05) is 22.9 Å². The Morgan fingerprint density at radius 3 is 3.10 bits per heavy atom. The molecule has 0 atom stereocenters. The third-order valence-electron chi connectivity index (χ3n) is 2.87. The largest absolute Gasteiger partial charge is 0.493 e. The van der Waals surface area contributed by atoms with Crippen molar-refractivity contribution in [1.29, 1.82) is 0 Å². The summed E-state index contributed by atoms with van der Waals surface area (Å²) in [6.45, 7) is 1.83. The number of ether oxygens (including phenoxy) is 1. The molecule has 2 rings (SSSR count). The number of halogens is 1. The summed E-state index contributed by atoms with van der Waals surface area (Å²) in [7, 11) is 0. The Hall–Kier alpha value is -2.01. The Bertz CT molecular complexity index is 558. The minimum Gasteiger partial charge on any atom is -0.493 e. The zero-order valence-corrected chi connectivity index (χ0v) is 12.4. The molecule has 1 heterocycles. The number of benzene rings is 1. The predicted molar refractivity (Wildman–Crippen MR) is 81.4 cm³/mol. The van der Waals surface area contributed by atoms with E-state index in [-0.39, 0.29) is 5.91 Å². The van der Waals surface area contributed by atoms with Crippen molar-refractivity contribution < 1.29 is 9.53 Å². The lowest BCUT2D eigenvalue weighted by Crippen LogP contribution is -2.26. The van der Waals surface area contributed by atoms with Gasteiger partial charge in [-0.25, -0.2) is 4.98 Å². The Morgan fingerprint density at radius 2 is 2.33 bits per heavy atom. The van der Waals surface area contributed by atoms with E-state index in [2.05, 4.69) is 10.3 Å². The fourth-order valence-electron chi connectivity index (χ4n) is 1.82. The van der Waals surface area contributed by atoms with E-state index >= 15 is 0 Å². The van der Waals surface area contributed by atoms with Gasteiger partial charge in [0.2, 0.25) is 5.91 Å². The zero-order chi connectivity index (χ0) is 14.9. The van der Waals surface area contributed by atoms with Crippen molar-refractivity contribution in [2.45, 2.75) is 19.4 Å². The maximum absolute atomic E-state index is 11.6. The Balaban J connectivity index is 1.55. The second-order valence-corrected chi connectivity index (χ2v) is 5.00. The molecule has 1 N–H and O–H groups in total. The highest BCUT2D eigenvalue weighted by Crippen LogP contribution is 2.16. The van der Waals surface area contributed by atoms with Crippen molar-refractivity contribution in [3.05, 3.63) is 48.0 Å². The average molecular weight is 308 g/mol. The summed E-state index contributed by atoms with van der Waals surface area (Å²) in [5, 5.41) is 3.49. The molecule has 112 valence electrons. The summed E-state index contributed by atoms with van der Waals surface area (Å²) >= 11 is 5.85. The van der Waals surface area contributed by atoms with Crippen molar-refractivity contribution in [2.75, 3.05) is 13.2 Å². The third kappa shape index (κ3) is 5.87. The van der Waals surface area contributed by atoms with Crippen molar-refractivity contribution in [3.8, 4) is 5.75 Å². The van der Waals surface area contributed by atoms with Crippen LogP contribution in [0.4, 0.5) is 0 Å². The number of imidazole rings is 1. The van der Waals surface area contributed by atoms with E-state index in [4.69, 9.17) is 16.3 Å². The number of amides is 1. The highest BCUT2D eigenvalue weighted by molar-refractivity contribution is 6.30. The van der Waals surface area contributed by atoms with Gasteiger partial charge in [0.15, 0.2) is 0 Å². The fraction of sp³-hybridized carbons (Fsp3) is 0.333. The van der Waals surface area contributed by atoms with Gasteiger partial charge in [0.05, 0.1) is 19.4 Å². The average Bonchev–Trinajstić information content (AvgIpc) is 2.97. The van der Waals surface area contributed by atoms with Crippen LogP contribution >= 0.6 is 11.6 Å². The van der Waals surface area contributed by atoms with Crippen molar-refractivity contribution in [3.63, 3.8) is 0 Å². The van der Waals surface area contributed by atoms with Crippen molar-refractivity contribution in [1.82, 2.24) is 14.9 Å². The van der Waals surface area contributed by atoms with Crippen LogP contribution in [0.3, 0.4) is 0 Å². The Labute approximate surface area is 128 Å². The van der Waals surface area contributed by atoms with Crippen LogP contribution in [0.2, 0.25) is 5.02 Å². The van der Waals surface area contributed by atoms with Gasteiger partial charge in [-0.15, -0.1) is 0 Å². The van der Waals surface area contributed by atoms with E-state index in [0.29, 0.717) is 30.3 Å². The van der Waals surface area contributed by atoms with Gasteiger partial charge in [0.1, 0.15) is 5.75 Å². The molecule has 0 unspecified atom stereocenters. The molecule has 0 aliphatic rings. The summed E-state index contributed by atoms with van der Waals surface area (Å²) in [6.07, 6.45) is 6.61. The molecule has 2 aromatic rings. The summed E-state index contributed by atoms with van der Waals surface area (Å²) in [6, 6.07) is 7.13. The number of rotatable bonds is 8. The smallest absolute Gasteiger partial charge is 0.223 e. The van der Waals surface area contributed by atoms with Crippen LogP contribution in [0.5, 0.6) is 5.75 Å². The van der Waals surface area contributed by atoms with Crippen LogP contribution in [-0.4, -0.2) is 28.6 Å². The normalized spacial score (nSPS) is 10.3. The lowest BCUT2D eigenvalue weighted by atomic mass is 10.3.